The molecule has 21 heavy (non-hydrogen) atoms. The van der Waals surface area contributed by atoms with Gasteiger partial charge < -0.3 is 5.32 Å². The molecule has 0 aromatic heterocycles. The molecular weight excluding hydrogens is 275 g/mol. The minimum Gasteiger partial charge on any atom is -0.307 e. The molecule has 0 spiro atoms. The SMILES string of the molecule is CCCNC(C1=CCCCC1)c1ccccc1C(F)(F)F. The summed E-state index contributed by atoms with van der Waals surface area (Å²) in [4.78, 5) is 0. The van der Waals surface area contributed by atoms with Gasteiger partial charge in [-0.05, 0) is 50.3 Å². The Morgan fingerprint density at radius 1 is 1.19 bits per heavy atom. The van der Waals surface area contributed by atoms with Crippen molar-refractivity contribution in [3.63, 3.8) is 0 Å². The van der Waals surface area contributed by atoms with Crippen LogP contribution in [0, 0.1) is 0 Å². The van der Waals surface area contributed by atoms with Crippen molar-refractivity contribution in [1.82, 2.24) is 5.32 Å². The molecule has 116 valence electrons. The molecule has 1 aliphatic rings. The fraction of sp³-hybridized carbons (Fsp3) is 0.529. The van der Waals surface area contributed by atoms with Crippen molar-refractivity contribution in [2.75, 3.05) is 6.54 Å². The Bertz CT molecular complexity index is 491. The second-order valence-corrected chi connectivity index (χ2v) is 5.50. The van der Waals surface area contributed by atoms with Gasteiger partial charge in [0.15, 0.2) is 0 Å². The predicted octanol–water partition coefficient (Wildman–Crippen LogP) is 5.25. The van der Waals surface area contributed by atoms with Crippen molar-refractivity contribution in [1.29, 1.82) is 0 Å². The van der Waals surface area contributed by atoms with Crippen molar-refractivity contribution in [3.05, 3.63) is 47.0 Å². The van der Waals surface area contributed by atoms with E-state index in [4.69, 9.17) is 0 Å². The number of benzene rings is 1. The number of allylic oxidation sites excluding steroid dienone is 1. The van der Waals surface area contributed by atoms with Crippen LogP contribution in [0.1, 0.15) is 56.2 Å². The number of hydrogen-bond acceptors (Lipinski definition) is 1. The lowest BCUT2D eigenvalue weighted by Crippen LogP contribution is -2.27. The third-order valence-corrected chi connectivity index (χ3v) is 3.87. The third-order valence-electron chi connectivity index (χ3n) is 3.87. The van der Waals surface area contributed by atoms with E-state index < -0.39 is 11.7 Å². The average molecular weight is 297 g/mol. The van der Waals surface area contributed by atoms with Crippen LogP contribution in [0.25, 0.3) is 0 Å². The Morgan fingerprint density at radius 2 is 1.95 bits per heavy atom. The Hall–Kier alpha value is -1.29. The molecule has 0 saturated heterocycles. The minimum absolute atomic E-state index is 0.317. The van der Waals surface area contributed by atoms with E-state index in [1.54, 1.807) is 12.1 Å². The standard InChI is InChI=1S/C17H22F3N/c1-2-12-21-16(13-8-4-3-5-9-13)14-10-6-7-11-15(14)17(18,19)20/h6-8,10-11,16,21H,2-5,9,12H2,1H3. The molecule has 1 aliphatic carbocycles. The van der Waals surface area contributed by atoms with Gasteiger partial charge in [-0.25, -0.2) is 0 Å². The minimum atomic E-state index is -4.31. The summed E-state index contributed by atoms with van der Waals surface area (Å²) < 4.78 is 39.8. The first kappa shape index (κ1) is 16.1. The van der Waals surface area contributed by atoms with Gasteiger partial charge in [-0.3, -0.25) is 0 Å². The average Bonchev–Trinajstić information content (AvgIpc) is 2.48. The molecule has 0 fully saturated rings. The molecule has 1 aromatic carbocycles. The van der Waals surface area contributed by atoms with Crippen molar-refractivity contribution in [3.8, 4) is 0 Å². The fourth-order valence-corrected chi connectivity index (χ4v) is 2.86. The predicted molar refractivity (Wildman–Crippen MR) is 79.0 cm³/mol. The number of rotatable bonds is 5. The van der Waals surface area contributed by atoms with Gasteiger partial charge in [0.2, 0.25) is 0 Å². The third kappa shape index (κ3) is 4.10. The van der Waals surface area contributed by atoms with Gasteiger partial charge in [0.1, 0.15) is 0 Å². The van der Waals surface area contributed by atoms with Crippen molar-refractivity contribution < 1.29 is 13.2 Å². The van der Waals surface area contributed by atoms with Crippen LogP contribution in [0.4, 0.5) is 13.2 Å². The molecule has 0 heterocycles. The molecule has 1 nitrogen and oxygen atoms in total. The summed E-state index contributed by atoms with van der Waals surface area (Å²) in [5.74, 6) is 0. The highest BCUT2D eigenvalue weighted by Crippen LogP contribution is 2.38. The quantitative estimate of drug-likeness (QED) is 0.732. The lowest BCUT2D eigenvalue weighted by Gasteiger charge is -2.27. The summed E-state index contributed by atoms with van der Waals surface area (Å²) in [6, 6.07) is 5.61. The molecule has 0 radical (unpaired) electrons. The van der Waals surface area contributed by atoms with E-state index in [9.17, 15) is 13.2 Å². The molecule has 0 aliphatic heterocycles. The van der Waals surface area contributed by atoms with Crippen LogP contribution in [0.3, 0.4) is 0 Å². The topological polar surface area (TPSA) is 12.0 Å². The van der Waals surface area contributed by atoms with Gasteiger partial charge in [-0.1, -0.05) is 36.8 Å². The van der Waals surface area contributed by atoms with Gasteiger partial charge in [0.25, 0.3) is 0 Å². The Kier molecular flexibility index (Phi) is 5.45. The van der Waals surface area contributed by atoms with Crippen LogP contribution in [0.2, 0.25) is 0 Å². The maximum Gasteiger partial charge on any atom is 0.416 e. The van der Waals surface area contributed by atoms with Crippen molar-refractivity contribution >= 4 is 0 Å². The second-order valence-electron chi connectivity index (χ2n) is 5.50. The number of alkyl halides is 3. The normalized spacial score (nSPS) is 17.4. The van der Waals surface area contributed by atoms with Crippen LogP contribution >= 0.6 is 0 Å². The van der Waals surface area contributed by atoms with Crippen molar-refractivity contribution in [2.45, 2.75) is 51.2 Å². The summed E-state index contributed by atoms with van der Waals surface area (Å²) in [7, 11) is 0. The van der Waals surface area contributed by atoms with E-state index in [2.05, 4.69) is 11.4 Å². The smallest absolute Gasteiger partial charge is 0.307 e. The highest BCUT2D eigenvalue weighted by Gasteiger charge is 2.35. The van der Waals surface area contributed by atoms with E-state index >= 15 is 0 Å². The first-order valence-corrected chi connectivity index (χ1v) is 7.62. The molecule has 2 rings (SSSR count). The molecule has 0 saturated carbocycles. The van der Waals surface area contributed by atoms with Crippen LogP contribution in [-0.4, -0.2) is 6.54 Å². The van der Waals surface area contributed by atoms with Crippen LogP contribution in [-0.2, 0) is 6.18 Å². The van der Waals surface area contributed by atoms with E-state index in [-0.39, 0.29) is 6.04 Å². The van der Waals surface area contributed by atoms with E-state index in [1.165, 1.54) is 12.1 Å². The first-order valence-electron chi connectivity index (χ1n) is 7.62. The number of halogens is 3. The zero-order valence-corrected chi connectivity index (χ0v) is 12.3. The van der Waals surface area contributed by atoms with Crippen LogP contribution in [0.5, 0.6) is 0 Å². The van der Waals surface area contributed by atoms with Gasteiger partial charge in [-0.2, -0.15) is 13.2 Å². The van der Waals surface area contributed by atoms with Gasteiger partial charge >= 0.3 is 6.18 Å². The molecule has 1 atom stereocenters. The summed E-state index contributed by atoms with van der Waals surface area (Å²) in [5.41, 5.74) is 0.933. The van der Waals surface area contributed by atoms with Crippen LogP contribution < -0.4 is 5.32 Å². The molecule has 4 heteroatoms. The molecule has 0 bridgehead atoms. The lowest BCUT2D eigenvalue weighted by molar-refractivity contribution is -0.138. The molecule has 1 unspecified atom stereocenters. The molecule has 1 N–H and O–H groups in total. The zero-order chi connectivity index (χ0) is 15.3. The summed E-state index contributed by atoms with van der Waals surface area (Å²) in [6.07, 6.45) is 2.75. The second kappa shape index (κ2) is 7.12. The van der Waals surface area contributed by atoms with E-state index in [1.807, 2.05) is 6.92 Å². The largest absolute Gasteiger partial charge is 0.416 e. The number of nitrogens with one attached hydrogen (secondary N) is 1. The van der Waals surface area contributed by atoms with Crippen molar-refractivity contribution in [2.24, 2.45) is 0 Å². The number of hydrogen-bond donors (Lipinski definition) is 1. The fourth-order valence-electron chi connectivity index (χ4n) is 2.86. The monoisotopic (exact) mass is 297 g/mol. The summed E-state index contributed by atoms with van der Waals surface area (Å²) in [5, 5.41) is 3.30. The molecule has 0 amide bonds. The highest BCUT2D eigenvalue weighted by atomic mass is 19.4. The maximum absolute atomic E-state index is 13.3. The first-order chi connectivity index (χ1) is 10.0. The van der Waals surface area contributed by atoms with Crippen LogP contribution in [0.15, 0.2) is 35.9 Å². The van der Waals surface area contributed by atoms with E-state index in [0.717, 1.165) is 37.7 Å². The molecule has 1 aromatic rings. The maximum atomic E-state index is 13.3. The van der Waals surface area contributed by atoms with E-state index in [0.29, 0.717) is 12.1 Å². The van der Waals surface area contributed by atoms with Gasteiger partial charge in [0.05, 0.1) is 11.6 Å². The lowest BCUT2D eigenvalue weighted by atomic mass is 9.87. The highest BCUT2D eigenvalue weighted by molar-refractivity contribution is 5.37. The molecular formula is C17H22F3N. The summed E-state index contributed by atoms with van der Waals surface area (Å²) >= 11 is 0. The van der Waals surface area contributed by atoms with Gasteiger partial charge in [0, 0.05) is 0 Å². The summed E-state index contributed by atoms with van der Waals surface area (Å²) in [6.45, 7) is 2.74. The Morgan fingerprint density at radius 3 is 2.57 bits per heavy atom. The zero-order valence-electron chi connectivity index (χ0n) is 12.3. The Balaban J connectivity index is 2.39. The Labute approximate surface area is 124 Å². The van der Waals surface area contributed by atoms with Gasteiger partial charge in [-0.15, -0.1) is 0 Å².